The summed E-state index contributed by atoms with van der Waals surface area (Å²) in [6, 6.07) is 4.56. The molecule has 1 fully saturated rings. The first-order valence-electron chi connectivity index (χ1n) is 6.50. The Kier molecular flexibility index (Phi) is 4.38. The first-order valence-corrected chi connectivity index (χ1v) is 8.32. The zero-order valence-electron chi connectivity index (χ0n) is 11.0. The van der Waals surface area contributed by atoms with E-state index in [0.717, 1.165) is 19.3 Å². The van der Waals surface area contributed by atoms with Crippen LogP contribution in [0.1, 0.15) is 26.2 Å². The quantitative estimate of drug-likeness (QED) is 0.870. The van der Waals surface area contributed by atoms with Crippen LogP contribution in [0.25, 0.3) is 0 Å². The van der Waals surface area contributed by atoms with Gasteiger partial charge in [0.15, 0.2) is 0 Å². The molecule has 0 saturated carbocycles. The zero-order chi connectivity index (χ0) is 14.0. The molecule has 0 spiro atoms. The van der Waals surface area contributed by atoms with E-state index in [1.165, 1.54) is 16.4 Å². The number of hydrogen-bond acceptors (Lipinski definition) is 3. The third-order valence-corrected chi connectivity index (χ3v) is 5.69. The molecular weight excluding hydrogens is 284 g/mol. The van der Waals surface area contributed by atoms with Crippen LogP contribution in [-0.4, -0.2) is 25.8 Å². The first kappa shape index (κ1) is 14.6. The number of benzene rings is 1. The van der Waals surface area contributed by atoms with Gasteiger partial charge in [-0.2, -0.15) is 4.31 Å². The Hall–Kier alpha value is -0.780. The Labute approximate surface area is 119 Å². The second-order valence-electron chi connectivity index (χ2n) is 4.99. The van der Waals surface area contributed by atoms with Gasteiger partial charge in [-0.1, -0.05) is 24.9 Å². The Balaban J connectivity index is 2.26. The van der Waals surface area contributed by atoms with Gasteiger partial charge in [-0.05, 0) is 37.0 Å². The minimum absolute atomic E-state index is 0.122. The number of nitrogens with two attached hydrogens (primary N) is 1. The van der Waals surface area contributed by atoms with Crippen molar-refractivity contribution < 1.29 is 8.42 Å². The largest absolute Gasteiger partial charge is 0.398 e. The molecule has 6 heteroatoms. The lowest BCUT2D eigenvalue weighted by molar-refractivity contribution is 0.445. The minimum Gasteiger partial charge on any atom is -0.398 e. The minimum atomic E-state index is -3.52. The molecule has 1 aromatic carbocycles. The van der Waals surface area contributed by atoms with E-state index in [0.29, 0.717) is 24.0 Å². The number of sulfonamides is 1. The lowest BCUT2D eigenvalue weighted by atomic mass is 10.0. The molecule has 0 radical (unpaired) electrons. The monoisotopic (exact) mass is 302 g/mol. The van der Waals surface area contributed by atoms with E-state index in [4.69, 9.17) is 17.3 Å². The molecule has 0 amide bonds. The van der Waals surface area contributed by atoms with Gasteiger partial charge in [0.1, 0.15) is 4.90 Å². The van der Waals surface area contributed by atoms with Crippen molar-refractivity contribution in [1.29, 1.82) is 0 Å². The van der Waals surface area contributed by atoms with Crippen LogP contribution >= 0.6 is 11.6 Å². The lowest BCUT2D eigenvalue weighted by Crippen LogP contribution is -2.29. The number of halogens is 1. The van der Waals surface area contributed by atoms with Gasteiger partial charge in [0, 0.05) is 18.1 Å². The van der Waals surface area contributed by atoms with Crippen LogP contribution in [-0.2, 0) is 10.0 Å². The highest BCUT2D eigenvalue weighted by molar-refractivity contribution is 7.89. The fraction of sp³-hybridized carbons (Fsp3) is 0.538. The molecule has 0 bridgehead atoms. The van der Waals surface area contributed by atoms with Crippen LogP contribution in [0.2, 0.25) is 5.02 Å². The molecule has 1 heterocycles. The van der Waals surface area contributed by atoms with Crippen molar-refractivity contribution in [1.82, 2.24) is 4.31 Å². The molecule has 4 nitrogen and oxygen atoms in total. The highest BCUT2D eigenvalue weighted by Crippen LogP contribution is 2.30. The number of nitrogens with zero attached hydrogens (tertiary/aromatic N) is 1. The molecule has 2 N–H and O–H groups in total. The Morgan fingerprint density at radius 2 is 2.21 bits per heavy atom. The van der Waals surface area contributed by atoms with Gasteiger partial charge < -0.3 is 5.73 Å². The molecule has 1 aromatic rings. The van der Waals surface area contributed by atoms with Crippen molar-refractivity contribution >= 4 is 27.3 Å². The highest BCUT2D eigenvalue weighted by atomic mass is 35.5. The number of rotatable bonds is 4. The lowest BCUT2D eigenvalue weighted by Gasteiger charge is -2.18. The Morgan fingerprint density at radius 1 is 1.47 bits per heavy atom. The molecular formula is C13H19ClN2O2S. The molecule has 1 unspecified atom stereocenters. The topological polar surface area (TPSA) is 63.4 Å². The van der Waals surface area contributed by atoms with E-state index in [-0.39, 0.29) is 10.6 Å². The van der Waals surface area contributed by atoms with Crippen molar-refractivity contribution in [2.45, 2.75) is 31.1 Å². The number of nitrogen functional groups attached to an aromatic ring is 1. The molecule has 19 heavy (non-hydrogen) atoms. The maximum Gasteiger partial charge on any atom is 0.245 e. The normalized spacial score (nSPS) is 20.8. The Morgan fingerprint density at radius 3 is 2.89 bits per heavy atom. The van der Waals surface area contributed by atoms with E-state index in [9.17, 15) is 8.42 Å². The van der Waals surface area contributed by atoms with Crippen molar-refractivity contribution in [2.75, 3.05) is 18.8 Å². The maximum absolute atomic E-state index is 12.5. The maximum atomic E-state index is 12.5. The third kappa shape index (κ3) is 3.04. The molecule has 1 atom stereocenters. The fourth-order valence-corrected chi connectivity index (χ4v) is 4.44. The molecule has 1 aliphatic heterocycles. The summed E-state index contributed by atoms with van der Waals surface area (Å²) in [5.74, 6) is 0.459. The molecule has 0 aromatic heterocycles. The van der Waals surface area contributed by atoms with Gasteiger partial charge in [0.05, 0.1) is 5.69 Å². The average molecular weight is 303 g/mol. The predicted molar refractivity (Wildman–Crippen MR) is 77.6 cm³/mol. The molecule has 1 saturated heterocycles. The van der Waals surface area contributed by atoms with Crippen LogP contribution in [0.3, 0.4) is 0 Å². The summed E-state index contributed by atoms with van der Waals surface area (Å²) in [4.78, 5) is 0.122. The second-order valence-corrected chi connectivity index (χ2v) is 7.33. The summed E-state index contributed by atoms with van der Waals surface area (Å²) in [5, 5.41) is 0.386. The molecule has 1 aliphatic rings. The van der Waals surface area contributed by atoms with Crippen LogP contribution in [0.5, 0.6) is 0 Å². The predicted octanol–water partition coefficient (Wildman–Crippen LogP) is 2.73. The summed E-state index contributed by atoms with van der Waals surface area (Å²) >= 11 is 5.87. The van der Waals surface area contributed by atoms with Crippen molar-refractivity contribution in [3.63, 3.8) is 0 Å². The van der Waals surface area contributed by atoms with Crippen LogP contribution < -0.4 is 5.73 Å². The summed E-state index contributed by atoms with van der Waals surface area (Å²) < 4.78 is 26.6. The van der Waals surface area contributed by atoms with E-state index in [1.807, 2.05) is 0 Å². The SMILES string of the molecule is CCCC1CCN(S(=O)(=O)c2cc(Cl)ccc2N)C1. The van der Waals surface area contributed by atoms with E-state index < -0.39 is 10.0 Å². The van der Waals surface area contributed by atoms with Gasteiger partial charge in [-0.25, -0.2) is 8.42 Å². The first-order chi connectivity index (χ1) is 8.95. The Bertz CT molecular complexity index is 560. The van der Waals surface area contributed by atoms with Crippen molar-refractivity contribution in [2.24, 2.45) is 5.92 Å². The zero-order valence-corrected chi connectivity index (χ0v) is 12.5. The number of hydrogen-bond donors (Lipinski definition) is 1. The van der Waals surface area contributed by atoms with Crippen LogP contribution in [0.4, 0.5) is 5.69 Å². The molecule has 106 valence electrons. The van der Waals surface area contributed by atoms with Gasteiger partial charge >= 0.3 is 0 Å². The van der Waals surface area contributed by atoms with Crippen LogP contribution in [0.15, 0.2) is 23.1 Å². The van der Waals surface area contributed by atoms with Crippen LogP contribution in [0, 0.1) is 5.92 Å². The van der Waals surface area contributed by atoms with E-state index in [2.05, 4.69) is 6.92 Å². The second kappa shape index (κ2) is 5.69. The van der Waals surface area contributed by atoms with E-state index in [1.54, 1.807) is 6.07 Å². The number of anilines is 1. The van der Waals surface area contributed by atoms with Gasteiger partial charge in [-0.15, -0.1) is 0 Å². The standard InChI is InChI=1S/C13H19ClN2O2S/c1-2-3-10-6-7-16(9-10)19(17,18)13-8-11(14)4-5-12(13)15/h4-5,8,10H,2-3,6-7,9,15H2,1H3. The summed E-state index contributed by atoms with van der Waals surface area (Å²) in [7, 11) is -3.52. The average Bonchev–Trinajstić information content (AvgIpc) is 2.82. The smallest absolute Gasteiger partial charge is 0.245 e. The van der Waals surface area contributed by atoms with Gasteiger partial charge in [0.25, 0.3) is 0 Å². The van der Waals surface area contributed by atoms with E-state index >= 15 is 0 Å². The summed E-state index contributed by atoms with van der Waals surface area (Å²) in [6.45, 7) is 3.27. The highest BCUT2D eigenvalue weighted by Gasteiger charge is 2.33. The van der Waals surface area contributed by atoms with Crippen molar-refractivity contribution in [3.8, 4) is 0 Å². The van der Waals surface area contributed by atoms with Gasteiger partial charge in [0.2, 0.25) is 10.0 Å². The molecule has 0 aliphatic carbocycles. The van der Waals surface area contributed by atoms with Crippen molar-refractivity contribution in [3.05, 3.63) is 23.2 Å². The summed E-state index contributed by atoms with van der Waals surface area (Å²) in [5.41, 5.74) is 6.03. The van der Waals surface area contributed by atoms with Gasteiger partial charge in [-0.3, -0.25) is 0 Å². The summed E-state index contributed by atoms with van der Waals surface area (Å²) in [6.07, 6.45) is 3.07. The third-order valence-electron chi connectivity index (χ3n) is 3.54. The fourth-order valence-electron chi connectivity index (χ4n) is 2.53. The molecule has 2 rings (SSSR count).